The van der Waals surface area contributed by atoms with E-state index in [0.717, 1.165) is 0 Å². The fourth-order valence-corrected chi connectivity index (χ4v) is 3.35. The van der Waals surface area contributed by atoms with Gasteiger partial charge in [-0.15, -0.1) is 5.10 Å². The van der Waals surface area contributed by atoms with Crippen molar-refractivity contribution >= 4 is 23.4 Å². The summed E-state index contributed by atoms with van der Waals surface area (Å²) in [4.78, 5) is 12.4. The largest absolute Gasteiger partial charge is 0.497 e. The molecular formula is C18H17N5O5S. The Morgan fingerprint density at radius 1 is 1.14 bits per heavy atom. The second kappa shape index (κ2) is 8.27. The predicted molar refractivity (Wildman–Crippen MR) is 104 cm³/mol. The molecule has 2 heterocycles. The van der Waals surface area contributed by atoms with Crippen LogP contribution in [0.1, 0.15) is 0 Å². The number of benzene rings is 2. The molecule has 0 saturated carbocycles. The summed E-state index contributed by atoms with van der Waals surface area (Å²) in [6.07, 6.45) is 0. The van der Waals surface area contributed by atoms with Crippen LogP contribution in [-0.2, 0) is 4.79 Å². The number of hydrogen-bond donors (Lipinski definition) is 1. The molecule has 0 bridgehead atoms. The van der Waals surface area contributed by atoms with Gasteiger partial charge in [0.1, 0.15) is 11.5 Å². The number of anilines is 1. The van der Waals surface area contributed by atoms with Crippen LogP contribution in [-0.4, -0.2) is 52.9 Å². The molecule has 0 aliphatic carbocycles. The summed E-state index contributed by atoms with van der Waals surface area (Å²) >= 11 is 1.21. The zero-order valence-corrected chi connectivity index (χ0v) is 16.4. The second-order valence-corrected chi connectivity index (χ2v) is 6.79. The number of rotatable bonds is 7. The first-order chi connectivity index (χ1) is 14.2. The van der Waals surface area contributed by atoms with Gasteiger partial charge in [-0.25, -0.2) is 0 Å². The molecule has 4 rings (SSSR count). The zero-order valence-electron chi connectivity index (χ0n) is 15.6. The van der Waals surface area contributed by atoms with E-state index in [-0.39, 0.29) is 18.5 Å². The van der Waals surface area contributed by atoms with Crippen molar-refractivity contribution in [2.45, 2.75) is 5.16 Å². The van der Waals surface area contributed by atoms with E-state index < -0.39 is 0 Å². The quantitative estimate of drug-likeness (QED) is 0.580. The topological polar surface area (TPSA) is 110 Å². The number of fused-ring (bicyclic) bond motifs is 1. The van der Waals surface area contributed by atoms with Gasteiger partial charge in [-0.3, -0.25) is 4.79 Å². The van der Waals surface area contributed by atoms with Gasteiger partial charge in [0, 0.05) is 30.0 Å². The number of nitrogens with zero attached hydrogens (tertiary/aromatic N) is 4. The number of carbonyl (C=O) groups is 1. The molecule has 0 radical (unpaired) electrons. The molecule has 1 aliphatic heterocycles. The number of aromatic nitrogens is 4. The minimum Gasteiger partial charge on any atom is -0.497 e. The van der Waals surface area contributed by atoms with Crippen LogP contribution in [0.15, 0.2) is 41.6 Å². The first kappa shape index (κ1) is 18.9. The minimum atomic E-state index is -0.217. The number of nitrogens with one attached hydrogen (secondary N) is 1. The third kappa shape index (κ3) is 4.19. The molecule has 0 spiro atoms. The first-order valence-corrected chi connectivity index (χ1v) is 9.49. The lowest BCUT2D eigenvalue weighted by Crippen LogP contribution is -2.14. The van der Waals surface area contributed by atoms with Crippen LogP contribution in [0.25, 0.3) is 5.69 Å². The van der Waals surface area contributed by atoms with Crippen LogP contribution >= 0.6 is 11.8 Å². The number of tetrazole rings is 1. The Balaban J connectivity index is 1.43. The molecule has 29 heavy (non-hydrogen) atoms. The van der Waals surface area contributed by atoms with Gasteiger partial charge in [0.15, 0.2) is 11.5 Å². The van der Waals surface area contributed by atoms with E-state index in [0.29, 0.717) is 39.5 Å². The van der Waals surface area contributed by atoms with Crippen LogP contribution in [0.3, 0.4) is 0 Å². The Labute approximate surface area is 170 Å². The van der Waals surface area contributed by atoms with Crippen molar-refractivity contribution in [1.29, 1.82) is 0 Å². The Morgan fingerprint density at radius 3 is 2.66 bits per heavy atom. The highest BCUT2D eigenvalue weighted by Gasteiger charge is 2.17. The number of amides is 1. The van der Waals surface area contributed by atoms with E-state index in [4.69, 9.17) is 18.9 Å². The lowest BCUT2D eigenvalue weighted by molar-refractivity contribution is -0.113. The van der Waals surface area contributed by atoms with Gasteiger partial charge < -0.3 is 24.3 Å². The van der Waals surface area contributed by atoms with Crippen molar-refractivity contribution in [1.82, 2.24) is 20.2 Å². The molecule has 0 fully saturated rings. The van der Waals surface area contributed by atoms with Crippen LogP contribution in [0.2, 0.25) is 0 Å². The molecule has 1 N–H and O–H groups in total. The lowest BCUT2D eigenvalue weighted by atomic mass is 10.2. The van der Waals surface area contributed by atoms with Gasteiger partial charge in [0.05, 0.1) is 25.7 Å². The maximum absolute atomic E-state index is 12.4. The predicted octanol–water partition coefficient (Wildman–Crippen LogP) is 2.14. The summed E-state index contributed by atoms with van der Waals surface area (Å²) < 4.78 is 22.6. The van der Waals surface area contributed by atoms with E-state index in [1.165, 1.54) is 16.4 Å². The monoisotopic (exact) mass is 415 g/mol. The Bertz CT molecular complexity index is 1020. The van der Waals surface area contributed by atoms with E-state index in [1.54, 1.807) is 44.6 Å². The SMILES string of the molecule is COc1cc(NC(=O)CSc2nnnn2-c2ccc3c(c2)OCO3)cc(OC)c1. The highest BCUT2D eigenvalue weighted by Crippen LogP contribution is 2.34. The summed E-state index contributed by atoms with van der Waals surface area (Å²) in [5.41, 5.74) is 1.28. The molecule has 150 valence electrons. The van der Waals surface area contributed by atoms with Gasteiger partial charge in [-0.2, -0.15) is 4.68 Å². The Kier molecular flexibility index (Phi) is 5.38. The van der Waals surface area contributed by atoms with Gasteiger partial charge >= 0.3 is 0 Å². The molecule has 10 nitrogen and oxygen atoms in total. The van der Waals surface area contributed by atoms with Crippen LogP contribution < -0.4 is 24.3 Å². The van der Waals surface area contributed by atoms with E-state index >= 15 is 0 Å². The summed E-state index contributed by atoms with van der Waals surface area (Å²) in [6, 6.07) is 10.5. The number of thioether (sulfide) groups is 1. The third-order valence-corrected chi connectivity index (χ3v) is 4.93. The molecule has 0 atom stereocenters. The molecule has 1 amide bonds. The molecule has 1 aliphatic rings. The highest BCUT2D eigenvalue weighted by molar-refractivity contribution is 7.99. The third-order valence-electron chi connectivity index (χ3n) is 4.01. The van der Waals surface area contributed by atoms with Crippen molar-refractivity contribution in [3.8, 4) is 28.7 Å². The van der Waals surface area contributed by atoms with E-state index in [1.807, 2.05) is 6.07 Å². The minimum absolute atomic E-state index is 0.116. The molecule has 0 unspecified atom stereocenters. The number of hydrogen-bond acceptors (Lipinski definition) is 9. The van der Waals surface area contributed by atoms with Gasteiger partial charge in [0.25, 0.3) is 0 Å². The Hall–Kier alpha value is -3.47. The normalized spacial score (nSPS) is 11.9. The summed E-state index contributed by atoms with van der Waals surface area (Å²) in [5.74, 6) is 2.36. The zero-order chi connectivity index (χ0) is 20.2. The van der Waals surface area contributed by atoms with E-state index in [2.05, 4.69) is 20.8 Å². The standard InChI is InChI=1S/C18H17N5O5S/c1-25-13-5-11(6-14(8-13)26-2)19-17(24)9-29-18-20-21-22-23(18)12-3-4-15-16(7-12)28-10-27-15/h3-8H,9-10H2,1-2H3,(H,19,24). The average molecular weight is 415 g/mol. The van der Waals surface area contributed by atoms with Crippen LogP contribution in [0, 0.1) is 0 Å². The molecule has 2 aromatic carbocycles. The smallest absolute Gasteiger partial charge is 0.234 e. The maximum Gasteiger partial charge on any atom is 0.234 e. The summed E-state index contributed by atoms with van der Waals surface area (Å²) in [6.45, 7) is 0.186. The van der Waals surface area contributed by atoms with Gasteiger partial charge in [-0.1, -0.05) is 11.8 Å². The average Bonchev–Trinajstić information content (AvgIpc) is 3.40. The maximum atomic E-state index is 12.4. The van der Waals surface area contributed by atoms with Crippen molar-refractivity contribution in [2.24, 2.45) is 0 Å². The number of carbonyl (C=O) groups excluding carboxylic acids is 1. The molecule has 11 heteroatoms. The Morgan fingerprint density at radius 2 is 1.90 bits per heavy atom. The van der Waals surface area contributed by atoms with Crippen molar-refractivity contribution in [3.63, 3.8) is 0 Å². The molecule has 1 aromatic heterocycles. The number of ether oxygens (including phenoxy) is 4. The van der Waals surface area contributed by atoms with Crippen LogP contribution in [0.4, 0.5) is 5.69 Å². The van der Waals surface area contributed by atoms with Crippen molar-refractivity contribution < 1.29 is 23.7 Å². The van der Waals surface area contributed by atoms with Gasteiger partial charge in [-0.05, 0) is 22.6 Å². The van der Waals surface area contributed by atoms with E-state index in [9.17, 15) is 4.79 Å². The summed E-state index contributed by atoms with van der Waals surface area (Å²) in [7, 11) is 3.10. The highest BCUT2D eigenvalue weighted by atomic mass is 32.2. The molecular weight excluding hydrogens is 398 g/mol. The fourth-order valence-electron chi connectivity index (χ4n) is 2.65. The first-order valence-electron chi connectivity index (χ1n) is 8.50. The summed E-state index contributed by atoms with van der Waals surface area (Å²) in [5, 5.41) is 15.0. The lowest BCUT2D eigenvalue weighted by Gasteiger charge is -2.10. The molecule has 3 aromatic rings. The van der Waals surface area contributed by atoms with Crippen LogP contribution in [0.5, 0.6) is 23.0 Å². The van der Waals surface area contributed by atoms with Crippen molar-refractivity contribution in [3.05, 3.63) is 36.4 Å². The fraction of sp³-hybridized carbons (Fsp3) is 0.222. The second-order valence-electron chi connectivity index (χ2n) is 5.85. The number of methoxy groups -OCH3 is 2. The molecule has 0 saturated heterocycles. The van der Waals surface area contributed by atoms with Gasteiger partial charge in [0.2, 0.25) is 17.9 Å². The van der Waals surface area contributed by atoms with Crippen molar-refractivity contribution in [2.75, 3.05) is 32.1 Å².